The Bertz CT molecular complexity index is 843. The van der Waals surface area contributed by atoms with Crippen LogP contribution in [0, 0.1) is 12.0 Å². The molecule has 2 atom stereocenters. The van der Waals surface area contributed by atoms with E-state index in [9.17, 15) is 4.79 Å². The fraction of sp³-hybridized carbons (Fsp3) is 0.440. The zero-order chi connectivity index (χ0) is 21.1. The molecule has 0 N–H and O–H groups in total. The highest BCUT2D eigenvalue weighted by atomic mass is 28.4. The molecule has 2 aromatic rings. The number of hydrogen-bond donors (Lipinski definition) is 0. The summed E-state index contributed by atoms with van der Waals surface area (Å²) in [7, 11) is -2.60. The highest BCUT2D eigenvalue weighted by Gasteiger charge is 2.53. The van der Waals surface area contributed by atoms with Crippen LogP contribution < -0.4 is 10.4 Å². The van der Waals surface area contributed by atoms with Gasteiger partial charge >= 0.3 is 0 Å². The van der Waals surface area contributed by atoms with Crippen LogP contribution in [0.3, 0.4) is 0 Å². The Morgan fingerprint density at radius 3 is 2.07 bits per heavy atom. The average Bonchev–Trinajstić information content (AvgIpc) is 3.09. The number of ketones is 1. The Kier molecular flexibility index (Phi) is 6.12. The third-order valence-corrected chi connectivity index (χ3v) is 11.4. The maximum Gasteiger partial charge on any atom is 0.272 e. The molecule has 4 heteroatoms. The molecule has 29 heavy (non-hydrogen) atoms. The number of nitrogens with zero attached hydrogens (tertiary/aromatic N) is 1. The van der Waals surface area contributed by atoms with Crippen LogP contribution in [0.2, 0.25) is 5.04 Å². The van der Waals surface area contributed by atoms with Gasteiger partial charge in [-0.1, -0.05) is 88.4 Å². The minimum Gasteiger partial charge on any atom is -0.404 e. The topological polar surface area (TPSA) is 30.7 Å². The van der Waals surface area contributed by atoms with Crippen molar-refractivity contribution in [3.8, 4) is 0 Å². The summed E-state index contributed by atoms with van der Waals surface area (Å²) in [6.45, 7) is 15.9. The largest absolute Gasteiger partial charge is 0.404 e. The second kappa shape index (κ2) is 8.26. The Balaban J connectivity index is 2.04. The average molecular weight is 406 g/mol. The SMILES string of the molecule is [C-]#[N+]CC(=O)C1(C)CCC(O[Si](c2ccccc2)(c2ccccc2)C(C)(C)C)C1. The summed E-state index contributed by atoms with van der Waals surface area (Å²) in [6.07, 6.45) is 2.39. The summed E-state index contributed by atoms with van der Waals surface area (Å²) in [6, 6.07) is 21.2. The third-order valence-electron chi connectivity index (χ3n) is 6.35. The van der Waals surface area contributed by atoms with Crippen molar-refractivity contribution >= 4 is 24.5 Å². The van der Waals surface area contributed by atoms with Gasteiger partial charge in [0.05, 0.1) is 0 Å². The minimum atomic E-state index is -2.60. The van der Waals surface area contributed by atoms with Crippen molar-refractivity contribution in [1.82, 2.24) is 0 Å². The first-order valence-electron chi connectivity index (χ1n) is 10.4. The normalized spacial score (nSPS) is 22.2. The summed E-state index contributed by atoms with van der Waals surface area (Å²) < 4.78 is 7.17. The van der Waals surface area contributed by atoms with Crippen molar-refractivity contribution in [2.24, 2.45) is 5.41 Å². The van der Waals surface area contributed by atoms with Gasteiger partial charge in [0, 0.05) is 11.5 Å². The van der Waals surface area contributed by atoms with Gasteiger partial charge < -0.3 is 9.27 Å². The first-order chi connectivity index (χ1) is 13.7. The molecule has 0 radical (unpaired) electrons. The van der Waals surface area contributed by atoms with Crippen molar-refractivity contribution in [3.63, 3.8) is 0 Å². The summed E-state index contributed by atoms with van der Waals surface area (Å²) in [5.41, 5.74) is -0.444. The molecule has 0 aliphatic heterocycles. The minimum absolute atomic E-state index is 0.0254. The maximum atomic E-state index is 12.6. The van der Waals surface area contributed by atoms with Crippen molar-refractivity contribution in [1.29, 1.82) is 0 Å². The van der Waals surface area contributed by atoms with Gasteiger partial charge in [-0.05, 0) is 34.7 Å². The molecule has 0 bridgehead atoms. The number of rotatable bonds is 6. The molecule has 0 amide bonds. The molecule has 1 fully saturated rings. The molecular formula is C25H31NO2Si. The molecule has 3 nitrogen and oxygen atoms in total. The van der Waals surface area contributed by atoms with E-state index >= 15 is 0 Å². The molecule has 2 aromatic carbocycles. The smallest absolute Gasteiger partial charge is 0.272 e. The first-order valence-corrected chi connectivity index (χ1v) is 12.3. The Morgan fingerprint density at radius 2 is 1.62 bits per heavy atom. The molecular weight excluding hydrogens is 374 g/mol. The van der Waals surface area contributed by atoms with E-state index in [0.717, 1.165) is 12.8 Å². The molecule has 152 valence electrons. The third kappa shape index (κ3) is 4.08. The molecule has 1 aliphatic rings. The van der Waals surface area contributed by atoms with Crippen LogP contribution in [0.5, 0.6) is 0 Å². The number of carbonyl (C=O) groups is 1. The zero-order valence-corrected chi connectivity index (χ0v) is 18.9. The van der Waals surface area contributed by atoms with Crippen molar-refractivity contribution in [2.45, 2.75) is 58.1 Å². The Morgan fingerprint density at radius 1 is 1.10 bits per heavy atom. The van der Waals surface area contributed by atoms with Crippen LogP contribution >= 0.6 is 0 Å². The summed E-state index contributed by atoms with van der Waals surface area (Å²) >= 11 is 0. The van der Waals surface area contributed by atoms with Gasteiger partial charge in [0.15, 0.2) is 0 Å². The van der Waals surface area contributed by atoms with Crippen LogP contribution in [0.25, 0.3) is 4.85 Å². The maximum absolute atomic E-state index is 12.6. The summed E-state index contributed by atoms with van der Waals surface area (Å²) in [5, 5.41) is 2.45. The molecule has 3 rings (SSSR count). The lowest BCUT2D eigenvalue weighted by molar-refractivity contribution is -0.125. The van der Waals surface area contributed by atoms with E-state index in [0.29, 0.717) is 6.42 Å². The van der Waals surface area contributed by atoms with E-state index in [2.05, 4.69) is 74.1 Å². The lowest BCUT2D eigenvalue weighted by Crippen LogP contribution is -2.67. The highest BCUT2D eigenvalue weighted by Crippen LogP contribution is 2.44. The number of Topliss-reactive ketones (excluding diaryl/α,β-unsaturated/α-hetero) is 1. The summed E-state index contributed by atoms with van der Waals surface area (Å²) in [4.78, 5) is 15.9. The molecule has 0 heterocycles. The highest BCUT2D eigenvalue weighted by molar-refractivity contribution is 6.99. The quantitative estimate of drug-likeness (QED) is 0.519. The van der Waals surface area contributed by atoms with Crippen LogP contribution in [-0.4, -0.2) is 26.7 Å². The Labute approximate surface area is 176 Å². The lowest BCUT2D eigenvalue weighted by atomic mass is 9.84. The van der Waals surface area contributed by atoms with Gasteiger partial charge in [-0.25, -0.2) is 6.57 Å². The standard InChI is InChI=1S/C25H31NO2Si/c1-24(2,3)29(21-12-8-6-9-13-21,22-14-10-7-11-15-22)28-20-16-17-25(4,18-20)23(27)19-26-5/h6-15,20H,16-19H2,1-4H3. The van der Waals surface area contributed by atoms with E-state index in [-0.39, 0.29) is 23.5 Å². The molecule has 0 spiro atoms. The molecule has 1 aliphatic carbocycles. The van der Waals surface area contributed by atoms with E-state index in [4.69, 9.17) is 11.0 Å². The van der Waals surface area contributed by atoms with E-state index in [1.165, 1.54) is 10.4 Å². The predicted molar refractivity (Wildman–Crippen MR) is 121 cm³/mol. The van der Waals surface area contributed by atoms with E-state index in [1.54, 1.807) is 0 Å². The predicted octanol–water partition coefficient (Wildman–Crippen LogP) is 4.61. The molecule has 0 saturated heterocycles. The molecule has 2 unspecified atom stereocenters. The zero-order valence-electron chi connectivity index (χ0n) is 17.9. The fourth-order valence-electron chi connectivity index (χ4n) is 4.74. The second-order valence-electron chi connectivity index (χ2n) is 9.45. The summed E-state index contributed by atoms with van der Waals surface area (Å²) in [5.74, 6) is 0.0565. The van der Waals surface area contributed by atoms with Crippen LogP contribution in [0.1, 0.15) is 47.0 Å². The van der Waals surface area contributed by atoms with Gasteiger partial charge in [-0.3, -0.25) is 4.79 Å². The fourth-order valence-corrected chi connectivity index (χ4v) is 9.46. The van der Waals surface area contributed by atoms with E-state index in [1.807, 2.05) is 19.1 Å². The number of benzene rings is 2. The number of hydrogen-bond acceptors (Lipinski definition) is 2. The molecule has 0 aromatic heterocycles. The van der Waals surface area contributed by atoms with Crippen LogP contribution in [-0.2, 0) is 9.22 Å². The van der Waals surface area contributed by atoms with Gasteiger partial charge in [-0.15, -0.1) is 0 Å². The lowest BCUT2D eigenvalue weighted by Gasteiger charge is -2.45. The van der Waals surface area contributed by atoms with Crippen molar-refractivity contribution in [3.05, 3.63) is 72.1 Å². The van der Waals surface area contributed by atoms with Gasteiger partial charge in [0.2, 0.25) is 5.78 Å². The first kappa shape index (κ1) is 21.5. The second-order valence-corrected chi connectivity index (χ2v) is 13.7. The molecule has 1 saturated carbocycles. The Hall–Kier alpha value is -2.22. The van der Waals surface area contributed by atoms with Crippen molar-refractivity contribution in [2.75, 3.05) is 6.54 Å². The van der Waals surface area contributed by atoms with Crippen molar-refractivity contribution < 1.29 is 9.22 Å². The van der Waals surface area contributed by atoms with Crippen LogP contribution in [0.4, 0.5) is 0 Å². The van der Waals surface area contributed by atoms with E-state index < -0.39 is 13.7 Å². The number of carbonyl (C=O) groups excluding carboxylic acids is 1. The van der Waals surface area contributed by atoms with Gasteiger partial charge in [-0.2, -0.15) is 0 Å². The van der Waals surface area contributed by atoms with Gasteiger partial charge in [0.1, 0.15) is 0 Å². The van der Waals surface area contributed by atoms with Crippen LogP contribution in [0.15, 0.2) is 60.7 Å². The monoisotopic (exact) mass is 405 g/mol. The van der Waals surface area contributed by atoms with Gasteiger partial charge in [0.25, 0.3) is 14.9 Å².